The fourth-order valence-electron chi connectivity index (χ4n) is 6.05. The van der Waals surface area contributed by atoms with Crippen LogP contribution < -0.4 is 21.1 Å². The van der Waals surface area contributed by atoms with E-state index in [-0.39, 0.29) is 18.4 Å². The summed E-state index contributed by atoms with van der Waals surface area (Å²) >= 11 is 0. The van der Waals surface area contributed by atoms with Crippen LogP contribution in [0, 0.1) is 0 Å². The Balaban J connectivity index is 1.56. The largest absolute Gasteiger partial charge is 0.497 e. The predicted octanol–water partition coefficient (Wildman–Crippen LogP) is 3.65. The number of nitrogens with one attached hydrogen (secondary N) is 2. The summed E-state index contributed by atoms with van der Waals surface area (Å²) in [5, 5.41) is 6.14. The summed E-state index contributed by atoms with van der Waals surface area (Å²) in [7, 11) is 1.64. The molecule has 1 fully saturated rings. The molecule has 9 heteroatoms. The highest BCUT2D eigenvalue weighted by Gasteiger charge is 2.46. The summed E-state index contributed by atoms with van der Waals surface area (Å²) < 4.78 is 11.2. The average molecular weight is 591 g/mol. The number of hydrogen-bond donors (Lipinski definition) is 3. The lowest BCUT2D eigenvalue weighted by molar-refractivity contribution is -0.138. The van der Waals surface area contributed by atoms with Crippen molar-refractivity contribution < 1.29 is 23.9 Å². The average Bonchev–Trinajstić information content (AvgIpc) is 3.27. The molecule has 1 spiro atoms. The molecular formula is C34H46N4O5. The number of likely N-dealkylation sites (N-methyl/N-ethyl adjacent to an activating group) is 1. The first-order chi connectivity index (χ1) is 20.8. The zero-order chi connectivity index (χ0) is 30.8. The molecule has 2 aromatic carbocycles. The molecular weight excluding hydrogens is 544 g/mol. The van der Waals surface area contributed by atoms with E-state index in [1.54, 1.807) is 18.9 Å². The molecule has 0 radical (unpaired) electrons. The highest BCUT2D eigenvalue weighted by Crippen LogP contribution is 2.41. The standard InChI is InChI=1S/C34H46N4O5/c1-4-38(33(41)30(36-31(39)24(2)35)23-43-22-26-11-7-5-8-12-26)21-29-28(18-15-25-13-16-27(42-3)17-14-25)32(40)37-34(29)19-9-6-10-20-34/h5,7-8,11-14,16-17,24,30H,4,6,9-10,15,18-23,35H2,1-3H3,(H,36,39)(H,37,40). The maximum absolute atomic E-state index is 14.0. The molecule has 4 rings (SSSR count). The van der Waals surface area contributed by atoms with Gasteiger partial charge in [0, 0.05) is 18.7 Å². The number of benzene rings is 2. The summed E-state index contributed by atoms with van der Waals surface area (Å²) in [5.74, 6) is 0.0799. The van der Waals surface area contributed by atoms with Crippen molar-refractivity contribution in [1.29, 1.82) is 0 Å². The summed E-state index contributed by atoms with van der Waals surface area (Å²) in [6.45, 7) is 4.56. The molecule has 1 saturated carbocycles. The minimum Gasteiger partial charge on any atom is -0.497 e. The molecule has 2 atom stereocenters. The summed E-state index contributed by atoms with van der Waals surface area (Å²) in [5.41, 5.74) is 9.25. The van der Waals surface area contributed by atoms with Gasteiger partial charge in [-0.25, -0.2) is 0 Å². The minimum atomic E-state index is -0.905. The number of ether oxygens (including phenoxy) is 2. The van der Waals surface area contributed by atoms with Crippen LogP contribution in [-0.4, -0.2) is 67.1 Å². The Labute approximate surface area is 255 Å². The first-order valence-electron chi connectivity index (χ1n) is 15.4. The van der Waals surface area contributed by atoms with Crippen LogP contribution in [0.2, 0.25) is 0 Å². The van der Waals surface area contributed by atoms with Gasteiger partial charge in [0.1, 0.15) is 11.8 Å². The van der Waals surface area contributed by atoms with Crippen molar-refractivity contribution in [2.75, 3.05) is 26.8 Å². The Morgan fingerprint density at radius 2 is 1.72 bits per heavy atom. The van der Waals surface area contributed by atoms with Crippen LogP contribution >= 0.6 is 0 Å². The fraction of sp³-hybridized carbons (Fsp3) is 0.500. The van der Waals surface area contributed by atoms with Crippen molar-refractivity contribution in [3.63, 3.8) is 0 Å². The van der Waals surface area contributed by atoms with Gasteiger partial charge in [0.05, 0.1) is 31.9 Å². The molecule has 1 aliphatic carbocycles. The second-order valence-electron chi connectivity index (χ2n) is 11.6. The quantitative estimate of drug-likeness (QED) is 0.309. The van der Waals surface area contributed by atoms with Gasteiger partial charge in [0.25, 0.3) is 0 Å². The zero-order valence-electron chi connectivity index (χ0n) is 25.7. The van der Waals surface area contributed by atoms with E-state index in [1.807, 2.05) is 61.5 Å². The molecule has 9 nitrogen and oxygen atoms in total. The van der Waals surface area contributed by atoms with E-state index in [0.29, 0.717) is 32.5 Å². The van der Waals surface area contributed by atoms with Gasteiger partial charge in [-0.3, -0.25) is 14.4 Å². The summed E-state index contributed by atoms with van der Waals surface area (Å²) in [6, 6.07) is 15.9. The number of carbonyl (C=O) groups is 3. The Bertz CT molecular complexity index is 1270. The molecule has 2 unspecified atom stereocenters. The monoisotopic (exact) mass is 590 g/mol. The van der Waals surface area contributed by atoms with E-state index in [2.05, 4.69) is 10.6 Å². The first kappa shape index (κ1) is 32.2. The maximum Gasteiger partial charge on any atom is 0.248 e. The predicted molar refractivity (Wildman–Crippen MR) is 166 cm³/mol. The van der Waals surface area contributed by atoms with Gasteiger partial charge in [-0.2, -0.15) is 0 Å². The Hall–Kier alpha value is -3.69. The van der Waals surface area contributed by atoms with Crippen LogP contribution in [-0.2, 0) is 32.1 Å². The van der Waals surface area contributed by atoms with Crippen molar-refractivity contribution in [3.05, 3.63) is 76.9 Å². The van der Waals surface area contributed by atoms with E-state index in [0.717, 1.165) is 60.1 Å². The van der Waals surface area contributed by atoms with E-state index >= 15 is 0 Å². The van der Waals surface area contributed by atoms with Crippen molar-refractivity contribution >= 4 is 17.7 Å². The van der Waals surface area contributed by atoms with Gasteiger partial charge in [-0.05, 0) is 68.4 Å². The van der Waals surface area contributed by atoms with Crippen LogP contribution in [0.25, 0.3) is 0 Å². The van der Waals surface area contributed by atoms with Crippen molar-refractivity contribution in [2.24, 2.45) is 5.73 Å². The topological polar surface area (TPSA) is 123 Å². The molecule has 0 saturated heterocycles. The van der Waals surface area contributed by atoms with E-state index in [4.69, 9.17) is 15.2 Å². The lowest BCUT2D eigenvalue weighted by Crippen LogP contribution is -2.55. The Kier molecular flexibility index (Phi) is 11.4. The van der Waals surface area contributed by atoms with Gasteiger partial charge in [-0.1, -0.05) is 61.7 Å². The van der Waals surface area contributed by atoms with Gasteiger partial charge in [-0.15, -0.1) is 0 Å². The molecule has 4 N–H and O–H groups in total. The number of nitrogens with two attached hydrogens (primary N) is 1. The summed E-state index contributed by atoms with van der Waals surface area (Å²) in [4.78, 5) is 41.8. The normalized spacial score (nSPS) is 17.3. The number of hydrogen-bond acceptors (Lipinski definition) is 6. The minimum absolute atomic E-state index is 0.00832. The molecule has 1 heterocycles. The van der Waals surface area contributed by atoms with Crippen LogP contribution in [0.3, 0.4) is 0 Å². The third-order valence-electron chi connectivity index (χ3n) is 8.57. The third kappa shape index (κ3) is 8.24. The van der Waals surface area contributed by atoms with Gasteiger partial charge in [0.2, 0.25) is 17.7 Å². The third-order valence-corrected chi connectivity index (χ3v) is 8.57. The SMILES string of the molecule is CCN(CC1=C(CCc2ccc(OC)cc2)C(=O)NC12CCCCC2)C(=O)C(COCc1ccccc1)NC(=O)C(C)N. The van der Waals surface area contributed by atoms with Crippen molar-refractivity contribution in [3.8, 4) is 5.75 Å². The molecule has 43 heavy (non-hydrogen) atoms. The van der Waals surface area contributed by atoms with Crippen LogP contribution in [0.5, 0.6) is 5.75 Å². The van der Waals surface area contributed by atoms with Gasteiger partial charge < -0.3 is 30.7 Å². The number of rotatable bonds is 14. The molecule has 3 amide bonds. The second-order valence-corrected chi connectivity index (χ2v) is 11.6. The molecule has 2 aliphatic rings. The van der Waals surface area contributed by atoms with Crippen LogP contribution in [0.1, 0.15) is 63.5 Å². The van der Waals surface area contributed by atoms with E-state index < -0.39 is 23.5 Å². The number of nitrogens with zero attached hydrogens (tertiary/aromatic N) is 1. The van der Waals surface area contributed by atoms with E-state index in [1.165, 1.54) is 0 Å². The lowest BCUT2D eigenvalue weighted by atomic mass is 9.76. The van der Waals surface area contributed by atoms with Gasteiger partial charge >= 0.3 is 0 Å². The summed E-state index contributed by atoms with van der Waals surface area (Å²) in [6.07, 6.45) is 6.17. The van der Waals surface area contributed by atoms with Gasteiger partial charge in [0.15, 0.2) is 0 Å². The Morgan fingerprint density at radius 1 is 1.02 bits per heavy atom. The van der Waals surface area contributed by atoms with Crippen LogP contribution in [0.15, 0.2) is 65.7 Å². The number of amides is 3. The zero-order valence-corrected chi connectivity index (χ0v) is 25.7. The first-order valence-corrected chi connectivity index (χ1v) is 15.4. The molecule has 232 valence electrons. The molecule has 2 aromatic rings. The van der Waals surface area contributed by atoms with Crippen molar-refractivity contribution in [2.45, 2.75) is 83.0 Å². The lowest BCUT2D eigenvalue weighted by Gasteiger charge is -2.38. The Morgan fingerprint density at radius 3 is 2.35 bits per heavy atom. The van der Waals surface area contributed by atoms with Crippen molar-refractivity contribution in [1.82, 2.24) is 15.5 Å². The molecule has 1 aliphatic heterocycles. The highest BCUT2D eigenvalue weighted by molar-refractivity contribution is 5.99. The fourth-order valence-corrected chi connectivity index (χ4v) is 6.05. The smallest absolute Gasteiger partial charge is 0.248 e. The van der Waals surface area contributed by atoms with E-state index in [9.17, 15) is 14.4 Å². The number of aryl methyl sites for hydroxylation is 1. The molecule has 0 aromatic heterocycles. The highest BCUT2D eigenvalue weighted by atomic mass is 16.5. The molecule has 0 bridgehead atoms. The number of carbonyl (C=O) groups excluding carboxylic acids is 3. The number of methoxy groups -OCH3 is 1. The van der Waals surface area contributed by atoms with Crippen LogP contribution in [0.4, 0.5) is 0 Å². The maximum atomic E-state index is 14.0. The second kappa shape index (κ2) is 15.2.